The van der Waals surface area contributed by atoms with Gasteiger partial charge in [0, 0.05) is 28.8 Å². The van der Waals surface area contributed by atoms with Crippen molar-refractivity contribution in [1.82, 2.24) is 0 Å². The topological polar surface area (TPSA) is 3.01 Å². The molecule has 3 heteroatoms. The van der Waals surface area contributed by atoms with Crippen molar-refractivity contribution in [1.29, 1.82) is 0 Å². The summed E-state index contributed by atoms with van der Waals surface area (Å²) in [6.45, 7) is 2.24. The first-order valence-corrected chi connectivity index (χ1v) is 4.22. The average Bonchev–Trinajstić information content (AvgIpc) is 2.64. The zero-order valence-electron chi connectivity index (χ0n) is 5.85. The number of nitrogens with zero attached hydrogens (tertiary/aromatic N) is 1. The molecule has 0 aliphatic carbocycles. The average molecular weight is 188 g/mol. The highest BCUT2D eigenvalue weighted by molar-refractivity contribution is 6.35. The first-order chi connectivity index (χ1) is 5.25. The van der Waals surface area contributed by atoms with E-state index in [2.05, 4.69) is 4.90 Å². The molecule has 1 aromatic carbocycles. The number of anilines is 1. The molecule has 0 atom stereocenters. The van der Waals surface area contributed by atoms with Gasteiger partial charge in [0.1, 0.15) is 0 Å². The lowest BCUT2D eigenvalue weighted by atomic mass is 10.3. The van der Waals surface area contributed by atoms with Crippen LogP contribution in [0.15, 0.2) is 18.2 Å². The van der Waals surface area contributed by atoms with E-state index < -0.39 is 0 Å². The zero-order valence-corrected chi connectivity index (χ0v) is 7.36. The largest absolute Gasteiger partial charge is 0.368 e. The monoisotopic (exact) mass is 187 g/mol. The molecule has 1 aliphatic heterocycles. The molecule has 1 saturated heterocycles. The number of benzene rings is 1. The summed E-state index contributed by atoms with van der Waals surface area (Å²) in [6.07, 6.45) is 0. The molecule has 0 N–H and O–H groups in total. The van der Waals surface area contributed by atoms with E-state index in [1.54, 1.807) is 6.07 Å². The summed E-state index contributed by atoms with van der Waals surface area (Å²) >= 11 is 11.6. The molecule has 1 heterocycles. The van der Waals surface area contributed by atoms with Crippen LogP contribution in [0, 0.1) is 0 Å². The SMILES string of the molecule is Clc1cc(Cl)cc(N2CC2)c1. The molecule has 1 aromatic rings. The van der Waals surface area contributed by atoms with Crippen LogP contribution in [-0.2, 0) is 0 Å². The summed E-state index contributed by atoms with van der Waals surface area (Å²) in [7, 11) is 0. The van der Waals surface area contributed by atoms with Crippen LogP contribution in [0.1, 0.15) is 0 Å². The van der Waals surface area contributed by atoms with Gasteiger partial charge in [0.15, 0.2) is 0 Å². The minimum Gasteiger partial charge on any atom is -0.368 e. The Kier molecular flexibility index (Phi) is 1.70. The van der Waals surface area contributed by atoms with Crippen LogP contribution in [0.3, 0.4) is 0 Å². The third kappa shape index (κ3) is 1.60. The molecule has 1 aliphatic rings. The molecule has 0 spiro atoms. The number of rotatable bonds is 1. The van der Waals surface area contributed by atoms with Crippen LogP contribution >= 0.6 is 23.2 Å². The van der Waals surface area contributed by atoms with Crippen LogP contribution in [-0.4, -0.2) is 13.1 Å². The number of hydrogen-bond donors (Lipinski definition) is 0. The Morgan fingerprint density at radius 2 is 1.55 bits per heavy atom. The Morgan fingerprint density at radius 3 is 2.00 bits per heavy atom. The summed E-state index contributed by atoms with van der Waals surface area (Å²) in [6, 6.07) is 5.61. The second kappa shape index (κ2) is 2.58. The molecule has 0 aromatic heterocycles. The first kappa shape index (κ1) is 7.26. The molecule has 1 fully saturated rings. The van der Waals surface area contributed by atoms with Crippen molar-refractivity contribution in [3.63, 3.8) is 0 Å². The van der Waals surface area contributed by atoms with Crippen molar-refractivity contribution in [3.05, 3.63) is 28.2 Å². The fourth-order valence-electron chi connectivity index (χ4n) is 1.03. The third-order valence-corrected chi connectivity index (χ3v) is 2.10. The molecule has 0 radical (unpaired) electrons. The Morgan fingerprint density at radius 1 is 1.00 bits per heavy atom. The Balaban J connectivity index is 2.39. The lowest BCUT2D eigenvalue weighted by Crippen LogP contribution is -1.89. The Bertz CT molecular complexity index is 261. The van der Waals surface area contributed by atoms with E-state index in [4.69, 9.17) is 23.2 Å². The van der Waals surface area contributed by atoms with Gasteiger partial charge in [0.05, 0.1) is 0 Å². The van der Waals surface area contributed by atoms with E-state index in [-0.39, 0.29) is 0 Å². The lowest BCUT2D eigenvalue weighted by molar-refractivity contribution is 1.40. The Hall–Kier alpha value is -0.400. The van der Waals surface area contributed by atoms with Gasteiger partial charge in [-0.25, -0.2) is 0 Å². The first-order valence-electron chi connectivity index (χ1n) is 3.47. The van der Waals surface area contributed by atoms with E-state index in [1.165, 1.54) is 0 Å². The third-order valence-electron chi connectivity index (χ3n) is 1.66. The van der Waals surface area contributed by atoms with Gasteiger partial charge in [-0.1, -0.05) is 23.2 Å². The van der Waals surface area contributed by atoms with E-state index in [1.807, 2.05) is 12.1 Å². The summed E-state index contributed by atoms with van der Waals surface area (Å²) in [5, 5.41) is 1.42. The molecule has 2 rings (SSSR count). The molecule has 0 unspecified atom stereocenters. The highest BCUT2D eigenvalue weighted by Crippen LogP contribution is 2.28. The van der Waals surface area contributed by atoms with Gasteiger partial charge in [0.2, 0.25) is 0 Å². The second-order valence-electron chi connectivity index (χ2n) is 2.61. The van der Waals surface area contributed by atoms with Crippen molar-refractivity contribution in [2.75, 3.05) is 18.0 Å². The predicted molar refractivity (Wildman–Crippen MR) is 48.7 cm³/mol. The van der Waals surface area contributed by atoms with E-state index >= 15 is 0 Å². The van der Waals surface area contributed by atoms with E-state index in [0.717, 1.165) is 18.8 Å². The molecular weight excluding hydrogens is 181 g/mol. The van der Waals surface area contributed by atoms with Crippen LogP contribution < -0.4 is 4.90 Å². The molecule has 11 heavy (non-hydrogen) atoms. The molecule has 0 bridgehead atoms. The summed E-state index contributed by atoms with van der Waals surface area (Å²) in [5.41, 5.74) is 1.13. The normalized spacial score (nSPS) is 15.3. The minimum atomic E-state index is 0.708. The van der Waals surface area contributed by atoms with Gasteiger partial charge in [-0.3, -0.25) is 0 Å². The quantitative estimate of drug-likeness (QED) is 0.612. The van der Waals surface area contributed by atoms with Crippen molar-refractivity contribution < 1.29 is 0 Å². The maximum absolute atomic E-state index is 5.81. The van der Waals surface area contributed by atoms with E-state index in [9.17, 15) is 0 Å². The van der Waals surface area contributed by atoms with Crippen molar-refractivity contribution in [2.45, 2.75) is 0 Å². The molecular formula is C8H7Cl2N. The molecule has 58 valence electrons. The van der Waals surface area contributed by atoms with Crippen LogP contribution in [0.2, 0.25) is 10.0 Å². The van der Waals surface area contributed by atoms with Crippen molar-refractivity contribution in [3.8, 4) is 0 Å². The number of halogens is 2. The van der Waals surface area contributed by atoms with Gasteiger partial charge in [-0.2, -0.15) is 0 Å². The van der Waals surface area contributed by atoms with Crippen molar-refractivity contribution in [2.24, 2.45) is 0 Å². The fourth-order valence-corrected chi connectivity index (χ4v) is 1.54. The summed E-state index contributed by atoms with van der Waals surface area (Å²) in [5.74, 6) is 0. The minimum absolute atomic E-state index is 0.708. The molecule has 0 amide bonds. The highest BCUT2D eigenvalue weighted by Gasteiger charge is 2.18. The maximum atomic E-state index is 5.81. The van der Waals surface area contributed by atoms with Crippen molar-refractivity contribution >= 4 is 28.9 Å². The van der Waals surface area contributed by atoms with Crippen LogP contribution in [0.5, 0.6) is 0 Å². The van der Waals surface area contributed by atoms with Crippen LogP contribution in [0.4, 0.5) is 5.69 Å². The Labute approximate surface area is 75.5 Å². The van der Waals surface area contributed by atoms with E-state index in [0.29, 0.717) is 10.0 Å². The van der Waals surface area contributed by atoms with Gasteiger partial charge in [-0.05, 0) is 18.2 Å². The van der Waals surface area contributed by atoms with Gasteiger partial charge in [0.25, 0.3) is 0 Å². The van der Waals surface area contributed by atoms with Crippen LogP contribution in [0.25, 0.3) is 0 Å². The smallest absolute Gasteiger partial charge is 0.0441 e. The second-order valence-corrected chi connectivity index (χ2v) is 3.49. The molecule has 1 nitrogen and oxygen atoms in total. The predicted octanol–water partition coefficient (Wildman–Crippen LogP) is 2.81. The highest BCUT2D eigenvalue weighted by atomic mass is 35.5. The van der Waals surface area contributed by atoms with Gasteiger partial charge < -0.3 is 4.90 Å². The molecule has 0 saturated carbocycles. The van der Waals surface area contributed by atoms with Gasteiger partial charge in [-0.15, -0.1) is 0 Å². The summed E-state index contributed by atoms with van der Waals surface area (Å²) in [4.78, 5) is 2.21. The maximum Gasteiger partial charge on any atom is 0.0441 e. The fraction of sp³-hybridized carbons (Fsp3) is 0.250. The summed E-state index contributed by atoms with van der Waals surface area (Å²) < 4.78 is 0. The zero-order chi connectivity index (χ0) is 7.84. The number of hydrogen-bond acceptors (Lipinski definition) is 1. The van der Waals surface area contributed by atoms with Gasteiger partial charge >= 0.3 is 0 Å². The lowest BCUT2D eigenvalue weighted by Gasteiger charge is -2.02. The standard InChI is InChI=1S/C8H7Cl2N/c9-6-3-7(10)5-8(4-6)11-1-2-11/h3-5H,1-2H2.